The number of hydrogen-bond acceptors (Lipinski definition) is 7. The summed E-state index contributed by atoms with van der Waals surface area (Å²) in [5, 5.41) is 6.46. The summed E-state index contributed by atoms with van der Waals surface area (Å²) >= 11 is 2.26. The molecule has 1 aliphatic heterocycles. The number of ether oxygens (including phenoxy) is 2. The van der Waals surface area contributed by atoms with Gasteiger partial charge in [0.2, 0.25) is 6.79 Å². The van der Waals surface area contributed by atoms with Gasteiger partial charge in [0.1, 0.15) is 12.0 Å². The number of rotatable bonds is 5. The van der Waals surface area contributed by atoms with Crippen LogP contribution in [0.25, 0.3) is 0 Å². The molecule has 3 aromatic rings. The van der Waals surface area contributed by atoms with Gasteiger partial charge >= 0.3 is 0 Å². The number of hydrogen-bond donors (Lipinski definition) is 3. The van der Waals surface area contributed by atoms with Gasteiger partial charge in [-0.2, -0.15) is 0 Å². The Morgan fingerprint density at radius 2 is 1.77 bits per heavy atom. The molecule has 0 amide bonds. The molecule has 0 unspecified atom stereocenters. The van der Waals surface area contributed by atoms with Crippen molar-refractivity contribution < 1.29 is 9.47 Å². The average Bonchev–Trinajstić information content (AvgIpc) is 3.12. The average molecular weight is 461 g/mol. The lowest BCUT2D eigenvalue weighted by Gasteiger charge is -2.13. The first-order valence-electron chi connectivity index (χ1n) is 7.94. The van der Waals surface area contributed by atoms with Crippen LogP contribution >= 0.6 is 22.6 Å². The fourth-order valence-corrected chi connectivity index (χ4v) is 2.90. The van der Waals surface area contributed by atoms with E-state index in [1.54, 1.807) is 0 Å². The summed E-state index contributed by atoms with van der Waals surface area (Å²) in [5.41, 5.74) is 8.64. The molecular formula is C18H16IN5O2. The number of nitrogens with one attached hydrogen (secondary N) is 2. The van der Waals surface area contributed by atoms with Gasteiger partial charge in [0.15, 0.2) is 23.1 Å². The van der Waals surface area contributed by atoms with Crippen LogP contribution in [-0.2, 0) is 6.54 Å². The van der Waals surface area contributed by atoms with Crippen molar-refractivity contribution >= 4 is 45.6 Å². The predicted octanol–water partition coefficient (Wildman–Crippen LogP) is 3.75. The van der Waals surface area contributed by atoms with E-state index in [4.69, 9.17) is 15.2 Å². The van der Waals surface area contributed by atoms with Crippen molar-refractivity contribution in [2.45, 2.75) is 6.54 Å². The van der Waals surface area contributed by atoms with Crippen LogP contribution in [0.4, 0.5) is 23.0 Å². The van der Waals surface area contributed by atoms with Crippen LogP contribution in [-0.4, -0.2) is 16.8 Å². The molecule has 0 radical (unpaired) electrons. The molecular weight excluding hydrogens is 445 g/mol. The first-order valence-corrected chi connectivity index (χ1v) is 9.02. The lowest BCUT2D eigenvalue weighted by molar-refractivity contribution is 0.174. The number of aromatic nitrogens is 2. The highest BCUT2D eigenvalue weighted by Crippen LogP contribution is 2.33. The van der Waals surface area contributed by atoms with E-state index < -0.39 is 0 Å². The molecule has 4 rings (SSSR count). The Balaban J connectivity index is 1.47. The predicted molar refractivity (Wildman–Crippen MR) is 109 cm³/mol. The zero-order valence-electron chi connectivity index (χ0n) is 13.7. The lowest BCUT2D eigenvalue weighted by Crippen LogP contribution is -2.08. The third-order valence-corrected chi connectivity index (χ3v) is 4.61. The molecule has 8 heteroatoms. The number of anilines is 4. The second-order valence-corrected chi connectivity index (χ2v) is 6.90. The van der Waals surface area contributed by atoms with Gasteiger partial charge in [-0.15, -0.1) is 0 Å². The summed E-state index contributed by atoms with van der Waals surface area (Å²) in [5.74, 6) is 2.65. The largest absolute Gasteiger partial charge is 0.454 e. The molecule has 0 atom stereocenters. The van der Waals surface area contributed by atoms with E-state index in [0.29, 0.717) is 23.9 Å². The second-order valence-electron chi connectivity index (χ2n) is 5.66. The van der Waals surface area contributed by atoms with Gasteiger partial charge in [0.05, 0.1) is 0 Å². The number of nitrogen functional groups attached to an aromatic ring is 1. The highest BCUT2D eigenvalue weighted by molar-refractivity contribution is 14.1. The van der Waals surface area contributed by atoms with Crippen LogP contribution in [0.1, 0.15) is 5.56 Å². The minimum absolute atomic E-state index is 0.263. The Hall–Kier alpha value is -2.75. The van der Waals surface area contributed by atoms with Gasteiger partial charge in [0.25, 0.3) is 0 Å². The monoisotopic (exact) mass is 461 g/mol. The molecule has 0 bridgehead atoms. The molecule has 2 heterocycles. The molecule has 7 nitrogen and oxygen atoms in total. The molecule has 4 N–H and O–H groups in total. The normalized spacial score (nSPS) is 12.0. The Morgan fingerprint density at radius 1 is 1.00 bits per heavy atom. The quantitative estimate of drug-likeness (QED) is 0.499. The zero-order chi connectivity index (χ0) is 17.9. The van der Waals surface area contributed by atoms with Crippen molar-refractivity contribution in [1.82, 2.24) is 9.97 Å². The number of halogens is 1. The molecule has 132 valence electrons. The van der Waals surface area contributed by atoms with Crippen LogP contribution in [0, 0.1) is 3.57 Å². The SMILES string of the molecule is Nc1c(NCc2ccc3c(c2)OCO3)ncnc1Nc1ccc(I)cc1. The Kier molecular flexibility index (Phi) is 4.65. The fourth-order valence-electron chi connectivity index (χ4n) is 2.54. The third-order valence-electron chi connectivity index (χ3n) is 3.89. The first kappa shape index (κ1) is 16.7. The summed E-state index contributed by atoms with van der Waals surface area (Å²) < 4.78 is 11.9. The van der Waals surface area contributed by atoms with Crippen LogP contribution in [0.3, 0.4) is 0 Å². The Morgan fingerprint density at radius 3 is 2.62 bits per heavy atom. The smallest absolute Gasteiger partial charge is 0.231 e. The van der Waals surface area contributed by atoms with Gasteiger partial charge in [-0.1, -0.05) is 6.07 Å². The molecule has 0 aliphatic carbocycles. The van der Waals surface area contributed by atoms with E-state index >= 15 is 0 Å². The van der Waals surface area contributed by atoms with Gasteiger partial charge in [-0.05, 0) is 64.6 Å². The highest BCUT2D eigenvalue weighted by atomic mass is 127. The van der Waals surface area contributed by atoms with Gasteiger partial charge < -0.3 is 25.8 Å². The topological polar surface area (TPSA) is 94.3 Å². The van der Waals surface area contributed by atoms with Crippen molar-refractivity contribution in [3.63, 3.8) is 0 Å². The molecule has 0 saturated heterocycles. The summed E-state index contributed by atoms with van der Waals surface area (Å²) in [4.78, 5) is 8.47. The van der Waals surface area contributed by atoms with E-state index in [-0.39, 0.29) is 6.79 Å². The summed E-state index contributed by atoms with van der Waals surface area (Å²) in [7, 11) is 0. The molecule has 0 spiro atoms. The molecule has 1 aliphatic rings. The van der Waals surface area contributed by atoms with Crippen molar-refractivity contribution in [2.75, 3.05) is 23.2 Å². The first-order chi connectivity index (χ1) is 12.7. The standard InChI is InChI=1S/C18H16IN5O2/c19-12-2-4-13(5-3-12)24-18-16(20)17(22-9-23-18)21-8-11-1-6-14-15(7-11)26-10-25-14/h1-7,9H,8,10,20H2,(H2,21,22,23,24). The van der Waals surface area contributed by atoms with E-state index in [1.165, 1.54) is 6.33 Å². The van der Waals surface area contributed by atoms with E-state index in [1.807, 2.05) is 42.5 Å². The minimum Gasteiger partial charge on any atom is -0.454 e. The van der Waals surface area contributed by atoms with Gasteiger partial charge in [-0.25, -0.2) is 9.97 Å². The van der Waals surface area contributed by atoms with E-state index in [2.05, 4.69) is 43.2 Å². The summed E-state index contributed by atoms with van der Waals surface area (Å²) in [6.45, 7) is 0.819. The van der Waals surface area contributed by atoms with Crippen LogP contribution < -0.4 is 25.8 Å². The maximum Gasteiger partial charge on any atom is 0.231 e. The Bertz CT molecular complexity index is 933. The highest BCUT2D eigenvalue weighted by Gasteiger charge is 2.14. The van der Waals surface area contributed by atoms with Crippen LogP contribution in [0.2, 0.25) is 0 Å². The van der Waals surface area contributed by atoms with Crippen molar-refractivity contribution in [1.29, 1.82) is 0 Å². The molecule has 0 saturated carbocycles. The molecule has 0 fully saturated rings. The van der Waals surface area contributed by atoms with Crippen LogP contribution in [0.15, 0.2) is 48.8 Å². The van der Waals surface area contributed by atoms with Gasteiger partial charge in [-0.3, -0.25) is 0 Å². The maximum atomic E-state index is 6.22. The van der Waals surface area contributed by atoms with E-state index in [0.717, 1.165) is 26.3 Å². The third kappa shape index (κ3) is 3.59. The van der Waals surface area contributed by atoms with E-state index in [9.17, 15) is 0 Å². The Labute approximate surface area is 164 Å². The van der Waals surface area contributed by atoms with Crippen LogP contribution in [0.5, 0.6) is 11.5 Å². The minimum atomic E-state index is 0.263. The maximum absolute atomic E-state index is 6.22. The summed E-state index contributed by atoms with van der Waals surface area (Å²) in [6.07, 6.45) is 1.48. The number of nitrogens with two attached hydrogens (primary N) is 1. The number of fused-ring (bicyclic) bond motifs is 1. The summed E-state index contributed by atoms with van der Waals surface area (Å²) in [6, 6.07) is 13.8. The second kappa shape index (κ2) is 7.24. The van der Waals surface area contributed by atoms with Crippen molar-refractivity contribution in [3.05, 3.63) is 57.9 Å². The molecule has 1 aromatic heterocycles. The molecule has 2 aromatic carbocycles. The van der Waals surface area contributed by atoms with Crippen molar-refractivity contribution in [2.24, 2.45) is 0 Å². The number of nitrogens with zero attached hydrogens (tertiary/aromatic N) is 2. The fraction of sp³-hybridized carbons (Fsp3) is 0.111. The molecule has 26 heavy (non-hydrogen) atoms. The zero-order valence-corrected chi connectivity index (χ0v) is 15.9. The number of benzene rings is 2. The lowest BCUT2D eigenvalue weighted by atomic mass is 10.2. The van der Waals surface area contributed by atoms with Gasteiger partial charge in [0, 0.05) is 15.8 Å². The van der Waals surface area contributed by atoms with Crippen molar-refractivity contribution in [3.8, 4) is 11.5 Å².